The van der Waals surface area contributed by atoms with Crippen molar-refractivity contribution in [2.45, 2.75) is 58.8 Å². The first-order chi connectivity index (χ1) is 7.27. The second kappa shape index (κ2) is 12.5. The first-order valence-corrected chi connectivity index (χ1v) is 7.53. The van der Waals surface area contributed by atoms with Gasteiger partial charge in [0.1, 0.15) is 0 Å². The Labute approximate surface area is 104 Å². The molecule has 0 heterocycles. The van der Waals surface area contributed by atoms with Gasteiger partial charge in [-0.15, -0.1) is 0 Å². The molecule has 0 aliphatic rings. The van der Waals surface area contributed by atoms with Gasteiger partial charge in [0.15, 0.2) is 0 Å². The monoisotopic (exact) mass is 278 g/mol. The minimum atomic E-state index is 0.842. The Morgan fingerprint density at radius 1 is 0.867 bits per heavy atom. The number of hydrogen-bond donors (Lipinski definition) is 0. The van der Waals surface area contributed by atoms with Crippen molar-refractivity contribution in [2.24, 2.45) is 5.92 Å². The molecule has 0 fully saturated rings. The molecule has 0 amide bonds. The average Bonchev–Trinajstić information content (AvgIpc) is 2.20. The number of hydrogen-bond acceptors (Lipinski definition) is 1. The van der Waals surface area contributed by atoms with Gasteiger partial charge in [0.2, 0.25) is 0 Å². The van der Waals surface area contributed by atoms with Crippen LogP contribution in [0.25, 0.3) is 0 Å². The van der Waals surface area contributed by atoms with Crippen molar-refractivity contribution >= 4 is 15.9 Å². The van der Waals surface area contributed by atoms with Crippen LogP contribution in [0.5, 0.6) is 0 Å². The Morgan fingerprint density at radius 3 is 2.07 bits per heavy atom. The fraction of sp³-hybridized carbons (Fsp3) is 1.00. The Bertz CT molecular complexity index is 115. The molecule has 92 valence electrons. The molecule has 0 atom stereocenters. The Morgan fingerprint density at radius 2 is 1.47 bits per heavy atom. The molecule has 0 radical (unpaired) electrons. The molecule has 0 spiro atoms. The van der Waals surface area contributed by atoms with Crippen LogP contribution in [0.3, 0.4) is 0 Å². The summed E-state index contributed by atoms with van der Waals surface area (Å²) in [4.78, 5) is 0. The lowest BCUT2D eigenvalue weighted by atomic mass is 10.1. The molecule has 2 heteroatoms. The van der Waals surface area contributed by atoms with Gasteiger partial charge in [0.25, 0.3) is 0 Å². The van der Waals surface area contributed by atoms with E-state index in [-0.39, 0.29) is 0 Å². The maximum Gasteiger partial charge on any atom is 0.0466 e. The fourth-order valence-corrected chi connectivity index (χ4v) is 1.91. The summed E-state index contributed by atoms with van der Waals surface area (Å²) in [6.45, 7) is 6.49. The first-order valence-electron chi connectivity index (χ1n) is 6.41. The zero-order valence-corrected chi connectivity index (χ0v) is 12.0. The van der Waals surface area contributed by atoms with Gasteiger partial charge in [-0.1, -0.05) is 55.5 Å². The lowest BCUT2D eigenvalue weighted by Crippen LogP contribution is -1.98. The number of rotatable bonds is 11. The highest BCUT2D eigenvalue weighted by Crippen LogP contribution is 2.06. The van der Waals surface area contributed by atoms with Gasteiger partial charge in [0.05, 0.1) is 0 Å². The van der Waals surface area contributed by atoms with Gasteiger partial charge in [-0.25, -0.2) is 0 Å². The third kappa shape index (κ3) is 14.4. The summed E-state index contributed by atoms with van der Waals surface area (Å²) in [5.41, 5.74) is 0. The molecular formula is C13H27BrO. The Kier molecular flexibility index (Phi) is 12.9. The summed E-state index contributed by atoms with van der Waals surface area (Å²) in [6, 6.07) is 0. The highest BCUT2D eigenvalue weighted by molar-refractivity contribution is 9.09. The summed E-state index contributed by atoms with van der Waals surface area (Å²) in [7, 11) is 0. The average molecular weight is 279 g/mol. The van der Waals surface area contributed by atoms with Crippen molar-refractivity contribution in [3.63, 3.8) is 0 Å². The molecular weight excluding hydrogens is 252 g/mol. The third-order valence-corrected chi connectivity index (χ3v) is 3.05. The summed E-state index contributed by atoms with van der Waals surface area (Å²) in [6.07, 6.45) is 9.08. The van der Waals surface area contributed by atoms with Gasteiger partial charge in [0, 0.05) is 18.5 Å². The summed E-state index contributed by atoms with van der Waals surface area (Å²) in [5.74, 6) is 0.842. The third-order valence-electron chi connectivity index (χ3n) is 2.49. The van der Waals surface area contributed by atoms with Crippen LogP contribution in [0.1, 0.15) is 58.8 Å². The predicted octanol–water partition coefficient (Wildman–Crippen LogP) is 4.78. The Balaban J connectivity index is 2.87. The van der Waals surface area contributed by atoms with E-state index in [1.807, 2.05) is 0 Å². The first kappa shape index (κ1) is 15.4. The lowest BCUT2D eigenvalue weighted by Gasteiger charge is -2.05. The molecule has 1 nitrogen and oxygen atoms in total. The van der Waals surface area contributed by atoms with Crippen LogP contribution in [0.15, 0.2) is 0 Å². The number of alkyl halides is 1. The van der Waals surface area contributed by atoms with E-state index in [0.717, 1.165) is 24.5 Å². The van der Waals surface area contributed by atoms with Crippen molar-refractivity contribution in [2.75, 3.05) is 18.5 Å². The minimum Gasteiger partial charge on any atom is -0.381 e. The summed E-state index contributed by atoms with van der Waals surface area (Å²) in [5, 5.41) is 1.14. The summed E-state index contributed by atoms with van der Waals surface area (Å²) >= 11 is 3.44. The molecule has 0 saturated heterocycles. The normalized spacial score (nSPS) is 11.2. The minimum absolute atomic E-state index is 0.842. The lowest BCUT2D eigenvalue weighted by molar-refractivity contribution is 0.125. The standard InChI is InChI=1S/C13H27BrO/c1-13(2)9-5-8-12-15-11-7-4-3-6-10-14/h13H,3-12H2,1-2H3. The van der Waals surface area contributed by atoms with Crippen molar-refractivity contribution in [1.29, 1.82) is 0 Å². The summed E-state index contributed by atoms with van der Waals surface area (Å²) < 4.78 is 5.58. The van der Waals surface area contributed by atoms with E-state index in [1.165, 1.54) is 44.9 Å². The molecule has 0 N–H and O–H groups in total. The molecule has 0 saturated carbocycles. The number of unbranched alkanes of at least 4 members (excludes halogenated alkanes) is 4. The largest absolute Gasteiger partial charge is 0.381 e. The number of halogens is 1. The van der Waals surface area contributed by atoms with Crippen molar-refractivity contribution in [3.8, 4) is 0 Å². The second-order valence-corrected chi connectivity index (χ2v) is 5.40. The van der Waals surface area contributed by atoms with Gasteiger partial charge >= 0.3 is 0 Å². The van der Waals surface area contributed by atoms with Crippen LogP contribution in [-0.2, 0) is 4.74 Å². The highest BCUT2D eigenvalue weighted by Gasteiger charge is 1.94. The van der Waals surface area contributed by atoms with E-state index < -0.39 is 0 Å². The molecule has 0 aliphatic carbocycles. The van der Waals surface area contributed by atoms with Crippen molar-refractivity contribution in [1.82, 2.24) is 0 Å². The number of ether oxygens (including phenoxy) is 1. The predicted molar refractivity (Wildman–Crippen MR) is 71.8 cm³/mol. The van der Waals surface area contributed by atoms with E-state index in [1.54, 1.807) is 0 Å². The molecule has 0 bridgehead atoms. The van der Waals surface area contributed by atoms with Gasteiger partial charge < -0.3 is 4.74 Å². The van der Waals surface area contributed by atoms with Crippen molar-refractivity contribution < 1.29 is 4.74 Å². The zero-order valence-electron chi connectivity index (χ0n) is 10.4. The van der Waals surface area contributed by atoms with Crippen LogP contribution in [0.4, 0.5) is 0 Å². The SMILES string of the molecule is CC(C)CCCCOCCCCCCBr. The van der Waals surface area contributed by atoms with E-state index in [2.05, 4.69) is 29.8 Å². The molecule has 0 rings (SSSR count). The van der Waals surface area contributed by atoms with Crippen LogP contribution in [0, 0.1) is 5.92 Å². The zero-order chi connectivity index (χ0) is 11.4. The molecule has 0 aromatic rings. The Hall–Kier alpha value is 0.440. The molecule has 0 aliphatic heterocycles. The topological polar surface area (TPSA) is 9.23 Å². The van der Waals surface area contributed by atoms with Crippen LogP contribution < -0.4 is 0 Å². The van der Waals surface area contributed by atoms with E-state index in [0.29, 0.717) is 0 Å². The van der Waals surface area contributed by atoms with E-state index in [9.17, 15) is 0 Å². The quantitative estimate of drug-likeness (QED) is 0.390. The van der Waals surface area contributed by atoms with Crippen molar-refractivity contribution in [3.05, 3.63) is 0 Å². The molecule has 0 aromatic heterocycles. The maximum absolute atomic E-state index is 5.58. The van der Waals surface area contributed by atoms with Gasteiger partial charge in [-0.05, 0) is 25.2 Å². The van der Waals surface area contributed by atoms with Gasteiger partial charge in [-0.2, -0.15) is 0 Å². The van der Waals surface area contributed by atoms with E-state index in [4.69, 9.17) is 4.74 Å². The van der Waals surface area contributed by atoms with E-state index >= 15 is 0 Å². The molecule has 15 heavy (non-hydrogen) atoms. The molecule has 0 unspecified atom stereocenters. The van der Waals surface area contributed by atoms with Crippen LogP contribution in [-0.4, -0.2) is 18.5 Å². The van der Waals surface area contributed by atoms with Crippen LogP contribution in [0.2, 0.25) is 0 Å². The van der Waals surface area contributed by atoms with Crippen LogP contribution >= 0.6 is 15.9 Å². The second-order valence-electron chi connectivity index (χ2n) is 4.61. The highest BCUT2D eigenvalue weighted by atomic mass is 79.9. The maximum atomic E-state index is 5.58. The molecule has 0 aromatic carbocycles. The fourth-order valence-electron chi connectivity index (χ4n) is 1.51. The van der Waals surface area contributed by atoms with Gasteiger partial charge in [-0.3, -0.25) is 0 Å². The smallest absolute Gasteiger partial charge is 0.0466 e.